The zero-order valence-corrected chi connectivity index (χ0v) is 15.8. The number of ether oxygens (including phenoxy) is 1. The van der Waals surface area contributed by atoms with Gasteiger partial charge < -0.3 is 14.7 Å². The van der Waals surface area contributed by atoms with E-state index in [2.05, 4.69) is 53.4 Å². The molecule has 0 saturated carbocycles. The summed E-state index contributed by atoms with van der Waals surface area (Å²) < 4.78 is 6.03. The first-order valence-corrected chi connectivity index (χ1v) is 9.87. The van der Waals surface area contributed by atoms with Crippen LogP contribution in [0.15, 0.2) is 60.7 Å². The molecule has 4 nitrogen and oxygen atoms in total. The van der Waals surface area contributed by atoms with E-state index in [1.165, 1.54) is 11.1 Å². The van der Waals surface area contributed by atoms with E-state index in [1.54, 1.807) is 0 Å². The van der Waals surface area contributed by atoms with Gasteiger partial charge in [-0.2, -0.15) is 0 Å². The number of benzene rings is 2. The first-order valence-electron chi connectivity index (χ1n) is 9.87. The summed E-state index contributed by atoms with van der Waals surface area (Å²) in [6, 6.07) is 21.0. The van der Waals surface area contributed by atoms with Gasteiger partial charge in [0.15, 0.2) is 0 Å². The maximum atomic E-state index is 11.2. The fraction of sp³-hybridized carbons (Fsp3) is 0.435. The summed E-state index contributed by atoms with van der Waals surface area (Å²) >= 11 is 0. The van der Waals surface area contributed by atoms with Crippen molar-refractivity contribution in [1.29, 1.82) is 0 Å². The molecule has 3 rings (SSSR count). The molecule has 2 aromatic rings. The monoisotopic (exact) mass is 367 g/mol. The second-order valence-electron chi connectivity index (χ2n) is 7.28. The van der Waals surface area contributed by atoms with Crippen molar-refractivity contribution in [3.63, 3.8) is 0 Å². The first-order chi connectivity index (χ1) is 13.2. The van der Waals surface area contributed by atoms with Crippen LogP contribution in [-0.4, -0.2) is 48.8 Å². The van der Waals surface area contributed by atoms with Gasteiger partial charge >= 0.3 is 5.97 Å². The lowest BCUT2D eigenvalue weighted by Crippen LogP contribution is -2.39. The van der Waals surface area contributed by atoms with Gasteiger partial charge in [0.2, 0.25) is 0 Å². The molecule has 0 bridgehead atoms. The Hall–Kier alpha value is -2.17. The van der Waals surface area contributed by atoms with Crippen molar-refractivity contribution in [2.45, 2.75) is 25.2 Å². The Morgan fingerprint density at radius 3 is 2.30 bits per heavy atom. The number of aliphatic carboxylic acids is 1. The summed E-state index contributed by atoms with van der Waals surface area (Å²) in [5.74, 6) is -0.636. The predicted octanol–water partition coefficient (Wildman–Crippen LogP) is 4.02. The molecule has 1 saturated heterocycles. The number of piperidine rings is 1. The minimum Gasteiger partial charge on any atom is -0.481 e. The molecule has 1 N–H and O–H groups in total. The summed E-state index contributed by atoms with van der Waals surface area (Å²) in [5, 5.41) is 9.19. The van der Waals surface area contributed by atoms with Crippen LogP contribution >= 0.6 is 0 Å². The molecule has 144 valence electrons. The fourth-order valence-electron chi connectivity index (χ4n) is 3.81. The van der Waals surface area contributed by atoms with Crippen molar-refractivity contribution < 1.29 is 14.6 Å². The van der Waals surface area contributed by atoms with Crippen LogP contribution in [0.3, 0.4) is 0 Å². The van der Waals surface area contributed by atoms with E-state index in [0.717, 1.165) is 32.4 Å². The Labute approximate surface area is 161 Å². The van der Waals surface area contributed by atoms with Gasteiger partial charge in [0, 0.05) is 25.6 Å². The molecule has 0 aliphatic carbocycles. The van der Waals surface area contributed by atoms with E-state index in [-0.39, 0.29) is 11.8 Å². The number of carbonyl (C=O) groups is 1. The minimum absolute atomic E-state index is 0.208. The smallest absolute Gasteiger partial charge is 0.307 e. The third-order valence-corrected chi connectivity index (χ3v) is 5.31. The topological polar surface area (TPSA) is 49.8 Å². The zero-order chi connectivity index (χ0) is 18.9. The van der Waals surface area contributed by atoms with Crippen molar-refractivity contribution in [3.05, 3.63) is 71.8 Å². The van der Waals surface area contributed by atoms with E-state index in [1.807, 2.05) is 12.1 Å². The van der Waals surface area contributed by atoms with Gasteiger partial charge in [0.05, 0.1) is 12.5 Å². The highest BCUT2D eigenvalue weighted by molar-refractivity contribution is 5.70. The summed E-state index contributed by atoms with van der Waals surface area (Å²) in [5.41, 5.74) is 2.54. The molecule has 2 aromatic carbocycles. The van der Waals surface area contributed by atoms with Gasteiger partial charge in [-0.05, 0) is 36.9 Å². The third-order valence-electron chi connectivity index (χ3n) is 5.31. The molecule has 1 aliphatic heterocycles. The molecular weight excluding hydrogens is 338 g/mol. The van der Waals surface area contributed by atoms with E-state index >= 15 is 0 Å². The Bertz CT molecular complexity index is 650. The summed E-state index contributed by atoms with van der Waals surface area (Å²) in [6.45, 7) is 3.94. The van der Waals surface area contributed by atoms with Gasteiger partial charge in [-0.25, -0.2) is 0 Å². The average molecular weight is 367 g/mol. The standard InChI is InChI=1S/C23H29NO3/c25-23(26)21-13-7-14-24(17-21)15-8-16-27-18-22(19-9-3-1-4-10-19)20-11-5-2-6-12-20/h1-6,9-12,21-22H,7-8,13-18H2,(H,25,26)/t21-/m1/s1. The highest BCUT2D eigenvalue weighted by Gasteiger charge is 2.24. The normalized spacial score (nSPS) is 17.9. The number of carboxylic acids is 1. The molecular formula is C23H29NO3. The van der Waals surface area contributed by atoms with Crippen molar-refractivity contribution >= 4 is 5.97 Å². The lowest BCUT2D eigenvalue weighted by molar-refractivity contribution is -0.143. The maximum Gasteiger partial charge on any atom is 0.307 e. The second-order valence-corrected chi connectivity index (χ2v) is 7.28. The lowest BCUT2D eigenvalue weighted by Gasteiger charge is -2.30. The second kappa shape index (κ2) is 10.2. The summed E-state index contributed by atoms with van der Waals surface area (Å²) in [7, 11) is 0. The van der Waals surface area contributed by atoms with Crippen molar-refractivity contribution in [2.75, 3.05) is 32.8 Å². The molecule has 4 heteroatoms. The minimum atomic E-state index is -0.662. The van der Waals surface area contributed by atoms with Gasteiger partial charge in [0.25, 0.3) is 0 Å². The van der Waals surface area contributed by atoms with E-state index in [9.17, 15) is 9.90 Å². The van der Waals surface area contributed by atoms with Gasteiger partial charge in [-0.3, -0.25) is 4.79 Å². The maximum absolute atomic E-state index is 11.2. The number of hydrogen-bond acceptors (Lipinski definition) is 3. The molecule has 0 amide bonds. The SMILES string of the molecule is O=C(O)[C@@H]1CCCN(CCCOCC(c2ccccc2)c2ccccc2)C1. The van der Waals surface area contributed by atoms with Crippen LogP contribution in [0.1, 0.15) is 36.3 Å². The quantitative estimate of drug-likeness (QED) is 0.680. The van der Waals surface area contributed by atoms with Crippen LogP contribution < -0.4 is 0 Å². The lowest BCUT2D eigenvalue weighted by atomic mass is 9.92. The number of carboxylic acid groups (broad SMARTS) is 1. The molecule has 27 heavy (non-hydrogen) atoms. The Morgan fingerprint density at radius 1 is 1.07 bits per heavy atom. The van der Waals surface area contributed by atoms with Crippen LogP contribution in [0.4, 0.5) is 0 Å². The highest BCUT2D eigenvalue weighted by Crippen LogP contribution is 2.25. The largest absolute Gasteiger partial charge is 0.481 e. The van der Waals surface area contributed by atoms with Gasteiger partial charge in [0.1, 0.15) is 0 Å². The Kier molecular flexibility index (Phi) is 7.43. The van der Waals surface area contributed by atoms with Crippen molar-refractivity contribution in [1.82, 2.24) is 4.90 Å². The molecule has 0 unspecified atom stereocenters. The number of likely N-dealkylation sites (tertiary alicyclic amines) is 1. The number of rotatable bonds is 9. The summed E-state index contributed by atoms with van der Waals surface area (Å²) in [6.07, 6.45) is 2.71. The Balaban J connectivity index is 1.46. The van der Waals surface area contributed by atoms with Crippen LogP contribution in [0.25, 0.3) is 0 Å². The molecule has 1 aliphatic rings. The third kappa shape index (κ3) is 5.91. The molecule has 0 spiro atoms. The van der Waals surface area contributed by atoms with Crippen molar-refractivity contribution in [2.24, 2.45) is 5.92 Å². The van der Waals surface area contributed by atoms with Crippen LogP contribution in [0.2, 0.25) is 0 Å². The molecule has 1 fully saturated rings. The molecule has 1 heterocycles. The highest BCUT2D eigenvalue weighted by atomic mass is 16.5. The van der Waals surface area contributed by atoms with E-state index in [0.29, 0.717) is 19.8 Å². The molecule has 0 radical (unpaired) electrons. The fourth-order valence-corrected chi connectivity index (χ4v) is 3.81. The average Bonchev–Trinajstić information content (AvgIpc) is 2.72. The molecule has 0 aromatic heterocycles. The Morgan fingerprint density at radius 2 is 1.70 bits per heavy atom. The first kappa shape index (κ1) is 19.6. The summed E-state index contributed by atoms with van der Waals surface area (Å²) in [4.78, 5) is 13.4. The van der Waals surface area contributed by atoms with Gasteiger partial charge in [-0.15, -0.1) is 0 Å². The van der Waals surface area contributed by atoms with Gasteiger partial charge in [-0.1, -0.05) is 60.7 Å². The number of nitrogens with zero attached hydrogens (tertiary/aromatic N) is 1. The van der Waals surface area contributed by atoms with Crippen LogP contribution in [0, 0.1) is 5.92 Å². The van der Waals surface area contributed by atoms with E-state index in [4.69, 9.17) is 4.74 Å². The van der Waals surface area contributed by atoms with E-state index < -0.39 is 5.97 Å². The van der Waals surface area contributed by atoms with Crippen LogP contribution in [-0.2, 0) is 9.53 Å². The van der Waals surface area contributed by atoms with Crippen LogP contribution in [0.5, 0.6) is 0 Å². The van der Waals surface area contributed by atoms with Crippen molar-refractivity contribution in [3.8, 4) is 0 Å². The number of hydrogen-bond donors (Lipinski definition) is 1. The zero-order valence-electron chi connectivity index (χ0n) is 15.8. The predicted molar refractivity (Wildman–Crippen MR) is 107 cm³/mol. The molecule has 1 atom stereocenters.